The van der Waals surface area contributed by atoms with Crippen LogP contribution in [0.25, 0.3) is 10.9 Å². The Morgan fingerprint density at radius 3 is 2.90 bits per heavy atom. The molecule has 1 aliphatic heterocycles. The van der Waals surface area contributed by atoms with Crippen LogP contribution in [0.5, 0.6) is 5.75 Å². The number of H-pyrrole nitrogens is 1. The zero-order valence-corrected chi connectivity index (χ0v) is 13.5. The molecule has 0 aliphatic carbocycles. The molecular weight excluding hydrogens is 284 g/mol. The average Bonchev–Trinajstić information content (AvgIpc) is 2.70. The summed E-state index contributed by atoms with van der Waals surface area (Å²) in [6.07, 6.45) is 3.86. The highest BCUT2D eigenvalue weighted by Gasteiger charge is 2.18. The molecule has 4 nitrogen and oxygen atoms in total. The van der Waals surface area contributed by atoms with Crippen molar-refractivity contribution < 1.29 is 8.95 Å². The van der Waals surface area contributed by atoms with E-state index in [2.05, 4.69) is 22.0 Å². The number of aromatic amines is 1. The third kappa shape index (κ3) is 3.14. The van der Waals surface area contributed by atoms with Gasteiger partial charge in [-0.15, -0.1) is 0 Å². The number of fused-ring (bicyclic) bond motifs is 3. The number of benzene rings is 1. The molecular formula is C16H22N2O2S. The van der Waals surface area contributed by atoms with Gasteiger partial charge in [0.15, 0.2) is 0 Å². The number of hydrogen-bond donors (Lipinski definition) is 1. The van der Waals surface area contributed by atoms with Gasteiger partial charge in [-0.1, -0.05) is 0 Å². The lowest BCUT2D eigenvalue weighted by atomic mass is 10.1. The lowest BCUT2D eigenvalue weighted by molar-refractivity contribution is 0.305. The molecule has 114 valence electrons. The van der Waals surface area contributed by atoms with Crippen LogP contribution in [0.2, 0.25) is 0 Å². The zero-order chi connectivity index (χ0) is 14.8. The van der Waals surface area contributed by atoms with E-state index < -0.39 is 10.8 Å². The van der Waals surface area contributed by atoms with E-state index in [1.165, 1.54) is 22.2 Å². The zero-order valence-electron chi connectivity index (χ0n) is 12.6. The fraction of sp³-hybridized carbons (Fsp3) is 0.500. The van der Waals surface area contributed by atoms with Crippen molar-refractivity contribution in [2.45, 2.75) is 12.8 Å². The Morgan fingerprint density at radius 2 is 2.14 bits per heavy atom. The van der Waals surface area contributed by atoms with Crippen LogP contribution in [0.3, 0.4) is 0 Å². The SMILES string of the molecule is COc1ccc2c3c([nH]c2c1)CCN(CCS(C)=O)CC3. The van der Waals surface area contributed by atoms with Crippen LogP contribution in [-0.2, 0) is 23.6 Å². The van der Waals surface area contributed by atoms with Gasteiger partial charge in [0.25, 0.3) is 0 Å². The van der Waals surface area contributed by atoms with Gasteiger partial charge < -0.3 is 14.6 Å². The molecule has 1 aromatic carbocycles. The number of hydrogen-bond acceptors (Lipinski definition) is 3. The Bertz CT molecular complexity index is 666. The standard InChI is InChI=1S/C16H22N2O2S/c1-20-12-3-4-13-14-5-7-18(9-10-21(2)19)8-6-15(14)17-16(13)11-12/h3-4,11,17H,5-10H2,1-2H3. The number of nitrogens with zero attached hydrogens (tertiary/aromatic N) is 1. The molecule has 3 rings (SSSR count). The molecule has 1 N–H and O–H groups in total. The minimum atomic E-state index is -0.703. The second-order valence-corrected chi connectivity index (χ2v) is 7.17. The van der Waals surface area contributed by atoms with Gasteiger partial charge in [0.05, 0.1) is 7.11 Å². The third-order valence-corrected chi connectivity index (χ3v) is 5.01. The van der Waals surface area contributed by atoms with Gasteiger partial charge in [-0.25, -0.2) is 0 Å². The van der Waals surface area contributed by atoms with Crippen LogP contribution >= 0.6 is 0 Å². The quantitative estimate of drug-likeness (QED) is 0.939. The Balaban J connectivity index is 1.80. The van der Waals surface area contributed by atoms with Gasteiger partial charge in [-0.05, 0) is 24.1 Å². The van der Waals surface area contributed by atoms with E-state index >= 15 is 0 Å². The topological polar surface area (TPSA) is 45.3 Å². The van der Waals surface area contributed by atoms with Crippen molar-refractivity contribution in [3.63, 3.8) is 0 Å². The molecule has 0 saturated carbocycles. The molecule has 1 aromatic heterocycles. The van der Waals surface area contributed by atoms with Gasteiger partial charge in [-0.2, -0.15) is 0 Å². The summed E-state index contributed by atoms with van der Waals surface area (Å²) in [6.45, 7) is 3.01. The summed E-state index contributed by atoms with van der Waals surface area (Å²) in [5, 5.41) is 1.31. The molecule has 1 unspecified atom stereocenters. The first-order chi connectivity index (χ1) is 10.2. The highest BCUT2D eigenvalue weighted by atomic mass is 32.2. The van der Waals surface area contributed by atoms with Crippen LogP contribution < -0.4 is 4.74 Å². The minimum Gasteiger partial charge on any atom is -0.497 e. The number of methoxy groups -OCH3 is 1. The number of nitrogens with one attached hydrogen (secondary N) is 1. The maximum atomic E-state index is 11.2. The summed E-state index contributed by atoms with van der Waals surface area (Å²) < 4.78 is 16.5. The molecule has 5 heteroatoms. The Hall–Kier alpha value is -1.33. The molecule has 0 spiro atoms. The molecule has 0 fully saturated rings. The van der Waals surface area contributed by atoms with E-state index in [4.69, 9.17) is 4.74 Å². The lowest BCUT2D eigenvalue weighted by Crippen LogP contribution is -2.30. The normalized spacial score (nSPS) is 17.4. The summed E-state index contributed by atoms with van der Waals surface area (Å²) in [4.78, 5) is 5.97. The Labute approximate surface area is 127 Å². The monoisotopic (exact) mass is 306 g/mol. The van der Waals surface area contributed by atoms with Crippen molar-refractivity contribution in [3.05, 3.63) is 29.5 Å². The Morgan fingerprint density at radius 1 is 1.33 bits per heavy atom. The minimum absolute atomic E-state index is 0.703. The van der Waals surface area contributed by atoms with E-state index in [0.29, 0.717) is 0 Å². The van der Waals surface area contributed by atoms with Crippen LogP contribution in [0.1, 0.15) is 11.3 Å². The first kappa shape index (κ1) is 14.6. The maximum Gasteiger partial charge on any atom is 0.120 e. The van der Waals surface area contributed by atoms with Gasteiger partial charge >= 0.3 is 0 Å². The fourth-order valence-corrected chi connectivity index (χ4v) is 3.56. The summed E-state index contributed by atoms with van der Waals surface area (Å²) >= 11 is 0. The van der Waals surface area contributed by atoms with Gasteiger partial charge in [-0.3, -0.25) is 4.21 Å². The predicted molar refractivity (Wildman–Crippen MR) is 87.6 cm³/mol. The van der Waals surface area contributed by atoms with Crippen molar-refractivity contribution in [1.82, 2.24) is 9.88 Å². The van der Waals surface area contributed by atoms with Crippen molar-refractivity contribution in [3.8, 4) is 5.75 Å². The van der Waals surface area contributed by atoms with E-state index in [0.717, 1.165) is 44.0 Å². The average molecular weight is 306 g/mol. The second-order valence-electron chi connectivity index (χ2n) is 5.61. The van der Waals surface area contributed by atoms with Gasteiger partial charge in [0.1, 0.15) is 5.75 Å². The predicted octanol–water partition coefficient (Wildman–Crippen LogP) is 1.96. The summed E-state index contributed by atoms with van der Waals surface area (Å²) in [5.74, 6) is 1.66. The molecule has 2 heterocycles. The fourth-order valence-electron chi connectivity index (χ4n) is 3.05. The number of aromatic nitrogens is 1. The highest BCUT2D eigenvalue weighted by molar-refractivity contribution is 7.84. The second kappa shape index (κ2) is 6.20. The first-order valence-corrected chi connectivity index (χ1v) is 9.10. The molecule has 21 heavy (non-hydrogen) atoms. The molecule has 2 aromatic rings. The van der Waals surface area contributed by atoms with E-state index in [1.54, 1.807) is 13.4 Å². The van der Waals surface area contributed by atoms with Crippen LogP contribution in [0, 0.1) is 0 Å². The van der Waals surface area contributed by atoms with Crippen molar-refractivity contribution in [2.24, 2.45) is 0 Å². The van der Waals surface area contributed by atoms with Crippen LogP contribution in [0.15, 0.2) is 18.2 Å². The maximum absolute atomic E-state index is 11.2. The van der Waals surface area contributed by atoms with Crippen LogP contribution in [0.4, 0.5) is 0 Å². The summed E-state index contributed by atoms with van der Waals surface area (Å²) in [6, 6.07) is 6.25. The molecule has 1 atom stereocenters. The molecule has 0 bridgehead atoms. The number of ether oxygens (including phenoxy) is 1. The van der Waals surface area contributed by atoms with Gasteiger partial charge in [0, 0.05) is 71.5 Å². The van der Waals surface area contributed by atoms with Crippen molar-refractivity contribution in [2.75, 3.05) is 38.8 Å². The summed E-state index contributed by atoms with van der Waals surface area (Å²) in [7, 11) is 0.996. The first-order valence-electron chi connectivity index (χ1n) is 7.37. The molecule has 0 radical (unpaired) electrons. The third-order valence-electron chi connectivity index (χ3n) is 4.25. The molecule has 1 aliphatic rings. The van der Waals surface area contributed by atoms with Crippen LogP contribution in [-0.4, -0.2) is 52.8 Å². The molecule has 0 saturated heterocycles. The lowest BCUT2D eigenvalue weighted by Gasteiger charge is -2.18. The van der Waals surface area contributed by atoms with E-state index in [1.807, 2.05) is 6.07 Å². The van der Waals surface area contributed by atoms with E-state index in [9.17, 15) is 4.21 Å². The largest absolute Gasteiger partial charge is 0.497 e. The van der Waals surface area contributed by atoms with Crippen molar-refractivity contribution >= 4 is 21.7 Å². The summed E-state index contributed by atoms with van der Waals surface area (Å²) in [5.41, 5.74) is 3.95. The Kier molecular flexibility index (Phi) is 4.31. The van der Waals surface area contributed by atoms with Gasteiger partial charge in [0.2, 0.25) is 0 Å². The van der Waals surface area contributed by atoms with E-state index in [-0.39, 0.29) is 0 Å². The molecule has 0 amide bonds. The smallest absolute Gasteiger partial charge is 0.120 e. The van der Waals surface area contributed by atoms with Crippen molar-refractivity contribution in [1.29, 1.82) is 0 Å². The highest BCUT2D eigenvalue weighted by Crippen LogP contribution is 2.28. The number of rotatable bonds is 4.